The highest BCUT2D eigenvalue weighted by Crippen LogP contribution is 2.19. The maximum atomic E-state index is 13.1. The SMILES string of the molecule is CCOC(=O)CCC(=O)NCCOc1ccc2nnc(-c3ccc(F)cc3)n2n1. The third-order valence-electron chi connectivity index (χ3n) is 3.88. The van der Waals surface area contributed by atoms with Gasteiger partial charge in [0.2, 0.25) is 11.8 Å². The van der Waals surface area contributed by atoms with Gasteiger partial charge >= 0.3 is 5.97 Å². The first kappa shape index (κ1) is 20.2. The van der Waals surface area contributed by atoms with Gasteiger partial charge in [0.1, 0.15) is 12.4 Å². The van der Waals surface area contributed by atoms with Crippen LogP contribution in [-0.2, 0) is 14.3 Å². The first-order chi connectivity index (χ1) is 14.1. The molecule has 0 spiro atoms. The van der Waals surface area contributed by atoms with Crippen LogP contribution >= 0.6 is 0 Å². The number of amides is 1. The van der Waals surface area contributed by atoms with Gasteiger partial charge in [0.05, 0.1) is 19.6 Å². The van der Waals surface area contributed by atoms with Crippen molar-refractivity contribution in [3.8, 4) is 17.3 Å². The molecule has 152 valence electrons. The Bertz CT molecular complexity index is 990. The molecule has 0 bridgehead atoms. The molecule has 1 amide bonds. The van der Waals surface area contributed by atoms with Gasteiger partial charge in [0, 0.05) is 18.1 Å². The molecule has 10 heteroatoms. The highest BCUT2D eigenvalue weighted by molar-refractivity contribution is 5.81. The molecule has 3 aromatic rings. The van der Waals surface area contributed by atoms with Gasteiger partial charge in [-0.1, -0.05) is 0 Å². The summed E-state index contributed by atoms with van der Waals surface area (Å²) in [5.74, 6) is -0.229. The van der Waals surface area contributed by atoms with Crippen LogP contribution in [0.1, 0.15) is 19.8 Å². The fourth-order valence-electron chi connectivity index (χ4n) is 2.51. The van der Waals surface area contributed by atoms with E-state index >= 15 is 0 Å². The van der Waals surface area contributed by atoms with E-state index in [1.165, 1.54) is 16.6 Å². The van der Waals surface area contributed by atoms with Gasteiger partial charge in [-0.25, -0.2) is 4.39 Å². The number of ether oxygens (including phenoxy) is 2. The zero-order valence-electron chi connectivity index (χ0n) is 15.8. The molecule has 1 N–H and O–H groups in total. The van der Waals surface area contributed by atoms with E-state index in [2.05, 4.69) is 20.6 Å². The minimum atomic E-state index is -0.401. The third-order valence-corrected chi connectivity index (χ3v) is 3.88. The smallest absolute Gasteiger partial charge is 0.306 e. The van der Waals surface area contributed by atoms with Gasteiger partial charge in [-0.05, 0) is 37.3 Å². The molecular weight excluding hydrogens is 381 g/mol. The molecule has 0 unspecified atom stereocenters. The van der Waals surface area contributed by atoms with Crippen molar-refractivity contribution in [3.63, 3.8) is 0 Å². The summed E-state index contributed by atoms with van der Waals surface area (Å²) >= 11 is 0. The van der Waals surface area contributed by atoms with Crippen LogP contribution in [-0.4, -0.2) is 51.4 Å². The molecule has 0 aliphatic carbocycles. The van der Waals surface area contributed by atoms with E-state index in [1.807, 2.05) is 0 Å². The van der Waals surface area contributed by atoms with Crippen molar-refractivity contribution < 1.29 is 23.5 Å². The van der Waals surface area contributed by atoms with Crippen LogP contribution in [0.3, 0.4) is 0 Å². The largest absolute Gasteiger partial charge is 0.475 e. The molecule has 0 saturated heterocycles. The Morgan fingerprint density at radius 2 is 1.90 bits per heavy atom. The molecule has 0 atom stereocenters. The molecule has 2 aromatic heterocycles. The summed E-state index contributed by atoms with van der Waals surface area (Å²) in [7, 11) is 0. The van der Waals surface area contributed by atoms with E-state index in [0.717, 1.165) is 0 Å². The Balaban J connectivity index is 1.53. The van der Waals surface area contributed by atoms with Crippen LogP contribution < -0.4 is 10.1 Å². The van der Waals surface area contributed by atoms with E-state index in [4.69, 9.17) is 9.47 Å². The van der Waals surface area contributed by atoms with Gasteiger partial charge in [-0.3, -0.25) is 9.59 Å². The molecule has 0 aliphatic rings. The van der Waals surface area contributed by atoms with Crippen molar-refractivity contribution in [3.05, 3.63) is 42.2 Å². The van der Waals surface area contributed by atoms with Crippen molar-refractivity contribution in [2.75, 3.05) is 19.8 Å². The van der Waals surface area contributed by atoms with Crippen LogP contribution in [0, 0.1) is 5.82 Å². The van der Waals surface area contributed by atoms with E-state index in [0.29, 0.717) is 29.5 Å². The van der Waals surface area contributed by atoms with Crippen molar-refractivity contribution >= 4 is 17.5 Å². The second kappa shape index (κ2) is 9.58. The van der Waals surface area contributed by atoms with Gasteiger partial charge < -0.3 is 14.8 Å². The number of benzene rings is 1. The first-order valence-corrected chi connectivity index (χ1v) is 9.10. The van der Waals surface area contributed by atoms with Crippen molar-refractivity contribution in [2.45, 2.75) is 19.8 Å². The van der Waals surface area contributed by atoms with E-state index < -0.39 is 5.97 Å². The quantitative estimate of drug-likeness (QED) is 0.430. The number of carbonyl (C=O) groups excluding carboxylic acids is 2. The van der Waals surface area contributed by atoms with Crippen LogP contribution in [0.25, 0.3) is 17.0 Å². The van der Waals surface area contributed by atoms with Crippen molar-refractivity contribution in [1.82, 2.24) is 25.1 Å². The lowest BCUT2D eigenvalue weighted by Crippen LogP contribution is -2.28. The average molecular weight is 401 g/mol. The predicted molar refractivity (Wildman–Crippen MR) is 101 cm³/mol. The molecule has 9 nitrogen and oxygen atoms in total. The van der Waals surface area contributed by atoms with Crippen LogP contribution in [0.5, 0.6) is 5.88 Å². The molecule has 0 radical (unpaired) electrons. The van der Waals surface area contributed by atoms with Gasteiger partial charge in [0.25, 0.3) is 0 Å². The lowest BCUT2D eigenvalue weighted by molar-refractivity contribution is -0.144. The van der Waals surface area contributed by atoms with Gasteiger partial charge in [-0.15, -0.1) is 15.3 Å². The van der Waals surface area contributed by atoms with E-state index in [-0.39, 0.29) is 37.7 Å². The Morgan fingerprint density at radius 3 is 2.66 bits per heavy atom. The molecule has 0 saturated carbocycles. The molecule has 0 fully saturated rings. The Labute approximate surface area is 165 Å². The summed E-state index contributed by atoms with van der Waals surface area (Å²) in [5, 5.41) is 15.1. The molecular formula is C19H20FN5O4. The minimum Gasteiger partial charge on any atom is -0.475 e. The maximum absolute atomic E-state index is 13.1. The second-order valence-electron chi connectivity index (χ2n) is 5.98. The number of aromatic nitrogens is 4. The number of hydrogen-bond acceptors (Lipinski definition) is 7. The van der Waals surface area contributed by atoms with E-state index in [1.54, 1.807) is 31.2 Å². The first-order valence-electron chi connectivity index (χ1n) is 9.10. The zero-order valence-corrected chi connectivity index (χ0v) is 15.8. The number of carbonyl (C=O) groups is 2. The maximum Gasteiger partial charge on any atom is 0.306 e. The molecule has 3 rings (SSSR count). The monoisotopic (exact) mass is 401 g/mol. The number of hydrogen-bond donors (Lipinski definition) is 1. The lowest BCUT2D eigenvalue weighted by Gasteiger charge is -2.07. The van der Waals surface area contributed by atoms with Crippen LogP contribution in [0.15, 0.2) is 36.4 Å². The number of nitrogens with one attached hydrogen (secondary N) is 1. The highest BCUT2D eigenvalue weighted by Gasteiger charge is 2.11. The predicted octanol–water partition coefficient (Wildman–Crippen LogP) is 1.77. The summed E-state index contributed by atoms with van der Waals surface area (Å²) in [6, 6.07) is 9.18. The number of halogens is 1. The standard InChI is InChI=1S/C19H20FN5O4/c1-2-28-18(27)10-8-16(26)21-11-12-29-17-9-7-15-22-23-19(25(15)24-17)13-3-5-14(20)6-4-13/h3-7,9H,2,8,10-12H2,1H3,(H,21,26). The Kier molecular flexibility index (Phi) is 6.67. The van der Waals surface area contributed by atoms with Crippen LogP contribution in [0.2, 0.25) is 0 Å². The normalized spacial score (nSPS) is 10.7. The van der Waals surface area contributed by atoms with E-state index in [9.17, 15) is 14.0 Å². The molecule has 1 aromatic carbocycles. The summed E-state index contributed by atoms with van der Waals surface area (Å²) in [6.07, 6.45) is 0.101. The molecule has 2 heterocycles. The summed E-state index contributed by atoms with van der Waals surface area (Å²) in [6.45, 7) is 2.45. The van der Waals surface area contributed by atoms with Crippen molar-refractivity contribution in [2.24, 2.45) is 0 Å². The molecule has 0 aliphatic heterocycles. The summed E-state index contributed by atoms with van der Waals surface area (Å²) in [5.41, 5.74) is 1.18. The fourth-order valence-corrected chi connectivity index (χ4v) is 2.51. The zero-order chi connectivity index (χ0) is 20.6. The summed E-state index contributed by atoms with van der Waals surface area (Å²) in [4.78, 5) is 22.9. The number of esters is 1. The van der Waals surface area contributed by atoms with Gasteiger partial charge in [0.15, 0.2) is 11.5 Å². The lowest BCUT2D eigenvalue weighted by atomic mass is 10.2. The highest BCUT2D eigenvalue weighted by atomic mass is 19.1. The van der Waals surface area contributed by atoms with Gasteiger partial charge in [-0.2, -0.15) is 4.52 Å². The summed E-state index contributed by atoms with van der Waals surface area (Å²) < 4.78 is 25.0. The minimum absolute atomic E-state index is 0.0402. The Hall–Kier alpha value is -3.56. The molecule has 29 heavy (non-hydrogen) atoms. The second-order valence-corrected chi connectivity index (χ2v) is 5.98. The average Bonchev–Trinajstić information content (AvgIpc) is 3.14. The van der Waals surface area contributed by atoms with Crippen LogP contribution in [0.4, 0.5) is 4.39 Å². The fraction of sp³-hybridized carbons (Fsp3) is 0.316. The topological polar surface area (TPSA) is 108 Å². The Morgan fingerprint density at radius 1 is 1.10 bits per heavy atom. The number of rotatable bonds is 9. The van der Waals surface area contributed by atoms with Crippen molar-refractivity contribution in [1.29, 1.82) is 0 Å². The number of nitrogens with zero attached hydrogens (tertiary/aromatic N) is 4. The number of fused-ring (bicyclic) bond motifs is 1. The third kappa shape index (κ3) is 5.47.